The van der Waals surface area contributed by atoms with E-state index in [1.807, 2.05) is 42.2 Å². The van der Waals surface area contributed by atoms with Crippen molar-refractivity contribution in [2.75, 3.05) is 25.5 Å². The monoisotopic (exact) mass is 519 g/mol. The fourth-order valence-corrected chi connectivity index (χ4v) is 4.61. The molecular weight excluding hydrogens is 492 g/mol. The summed E-state index contributed by atoms with van der Waals surface area (Å²) in [5.74, 6) is -3.00. The molecule has 10 heteroatoms. The lowest BCUT2D eigenvalue weighted by Crippen LogP contribution is -2.39. The van der Waals surface area contributed by atoms with Crippen LogP contribution < -0.4 is 10.1 Å². The van der Waals surface area contributed by atoms with Gasteiger partial charge in [-0.25, -0.2) is 8.78 Å². The Morgan fingerprint density at radius 3 is 2.42 bits per heavy atom. The number of halogens is 2. The molecule has 1 aliphatic rings. The number of piperidine rings is 1. The molecule has 2 aromatic carbocycles. The lowest BCUT2D eigenvalue weighted by atomic mass is 10.0. The van der Waals surface area contributed by atoms with Crippen LogP contribution in [-0.4, -0.2) is 51.7 Å². The fourth-order valence-electron chi connectivity index (χ4n) is 4.61. The number of amides is 2. The number of ether oxygens (including phenoxy) is 1. The minimum Gasteiger partial charge on any atom is -0.497 e. The van der Waals surface area contributed by atoms with Gasteiger partial charge in [-0.3, -0.25) is 14.3 Å². The van der Waals surface area contributed by atoms with E-state index in [1.165, 1.54) is 18.9 Å². The van der Waals surface area contributed by atoms with Gasteiger partial charge in [-0.05, 0) is 31.4 Å². The maximum Gasteiger partial charge on any atom is 0.261 e. The number of hydrogen-bond acceptors (Lipinski definition) is 4. The predicted molar refractivity (Wildman–Crippen MR) is 138 cm³/mol. The lowest BCUT2D eigenvalue weighted by Gasteiger charge is -2.32. The molecule has 3 heterocycles. The Morgan fingerprint density at radius 1 is 1.08 bits per heavy atom. The van der Waals surface area contributed by atoms with E-state index in [-0.39, 0.29) is 17.7 Å². The quantitative estimate of drug-likeness (QED) is 0.366. The van der Waals surface area contributed by atoms with Crippen molar-refractivity contribution in [3.63, 3.8) is 0 Å². The van der Waals surface area contributed by atoms with Crippen molar-refractivity contribution in [2.24, 2.45) is 0 Å². The van der Waals surface area contributed by atoms with Gasteiger partial charge in [0, 0.05) is 43.3 Å². The smallest absolute Gasteiger partial charge is 0.261 e. The van der Waals surface area contributed by atoms with Crippen molar-refractivity contribution < 1.29 is 23.1 Å². The van der Waals surface area contributed by atoms with E-state index in [9.17, 15) is 18.4 Å². The van der Waals surface area contributed by atoms with Gasteiger partial charge in [0.05, 0.1) is 30.6 Å². The molecule has 196 valence electrons. The van der Waals surface area contributed by atoms with Gasteiger partial charge in [0.25, 0.3) is 11.8 Å². The minimum absolute atomic E-state index is 0.0163. The normalized spacial score (nSPS) is 13.9. The maximum atomic E-state index is 14.2. The standard InChI is InChI=1S/C28H27F2N5O3/c1-17-3-5-18(6-4-17)25-11-19(14-31-25)28(37)34-9-7-21(8-10-34)35-16-20(15-32-35)33-27(36)26-23(29)12-22(38-2)13-24(26)30/h3-6,11-16,21,31H,7-10H2,1-2H3,(H,33,36). The van der Waals surface area contributed by atoms with Crippen molar-refractivity contribution >= 4 is 17.5 Å². The van der Waals surface area contributed by atoms with E-state index in [4.69, 9.17) is 4.74 Å². The first-order valence-corrected chi connectivity index (χ1v) is 12.3. The van der Waals surface area contributed by atoms with Crippen LogP contribution in [0.3, 0.4) is 0 Å². The van der Waals surface area contributed by atoms with Gasteiger partial charge in [-0.15, -0.1) is 0 Å². The number of aryl methyl sites for hydroxylation is 1. The molecule has 8 nitrogen and oxygen atoms in total. The topological polar surface area (TPSA) is 92.2 Å². The number of anilines is 1. The SMILES string of the molecule is COc1cc(F)c(C(=O)Nc2cnn(C3CCN(C(=O)c4c[nH]c(-c5ccc(C)cc5)c4)CC3)c2)c(F)c1. The second kappa shape index (κ2) is 10.5. The van der Waals surface area contributed by atoms with E-state index in [0.29, 0.717) is 37.2 Å². The molecule has 2 amide bonds. The summed E-state index contributed by atoms with van der Waals surface area (Å²) in [7, 11) is 1.28. The number of nitrogens with zero attached hydrogens (tertiary/aromatic N) is 3. The Kier molecular flexibility index (Phi) is 6.95. The highest BCUT2D eigenvalue weighted by Crippen LogP contribution is 2.27. The molecule has 1 aliphatic heterocycles. The number of H-pyrrole nitrogens is 1. The summed E-state index contributed by atoms with van der Waals surface area (Å²) in [6.07, 6.45) is 6.15. The highest BCUT2D eigenvalue weighted by Gasteiger charge is 2.26. The average molecular weight is 520 g/mol. The van der Waals surface area contributed by atoms with Gasteiger partial charge in [-0.1, -0.05) is 29.8 Å². The summed E-state index contributed by atoms with van der Waals surface area (Å²) in [6.45, 7) is 3.14. The van der Waals surface area contributed by atoms with Gasteiger partial charge in [-0.2, -0.15) is 5.10 Å². The first kappa shape index (κ1) is 25.2. The Morgan fingerprint density at radius 2 is 1.76 bits per heavy atom. The molecule has 5 rings (SSSR count). The Hall–Kier alpha value is -4.47. The van der Waals surface area contributed by atoms with E-state index < -0.39 is 23.1 Å². The van der Waals surface area contributed by atoms with Crippen LogP contribution in [0.4, 0.5) is 14.5 Å². The zero-order valence-electron chi connectivity index (χ0n) is 21.0. The van der Waals surface area contributed by atoms with E-state index in [2.05, 4.69) is 15.4 Å². The van der Waals surface area contributed by atoms with E-state index >= 15 is 0 Å². The third-order valence-corrected chi connectivity index (χ3v) is 6.76. The van der Waals surface area contributed by atoms with Crippen molar-refractivity contribution in [1.82, 2.24) is 19.7 Å². The molecule has 0 saturated carbocycles. The zero-order chi connectivity index (χ0) is 26.8. The third kappa shape index (κ3) is 5.15. The number of hydrogen-bond donors (Lipinski definition) is 2. The van der Waals surface area contributed by atoms with Crippen molar-refractivity contribution in [3.05, 3.63) is 89.4 Å². The zero-order valence-corrected chi connectivity index (χ0v) is 21.0. The maximum absolute atomic E-state index is 14.2. The number of aromatic amines is 1. The molecule has 0 atom stereocenters. The molecule has 4 aromatic rings. The molecule has 38 heavy (non-hydrogen) atoms. The third-order valence-electron chi connectivity index (χ3n) is 6.76. The molecule has 0 radical (unpaired) electrons. The number of carbonyl (C=O) groups is 2. The Bertz CT molecular complexity index is 1450. The molecule has 2 N–H and O–H groups in total. The van der Waals surface area contributed by atoms with Crippen LogP contribution >= 0.6 is 0 Å². The van der Waals surface area contributed by atoms with Crippen LogP contribution in [0, 0.1) is 18.6 Å². The summed E-state index contributed by atoms with van der Waals surface area (Å²) in [4.78, 5) is 30.6. The first-order valence-electron chi connectivity index (χ1n) is 12.3. The molecular formula is C28H27F2N5O3. The molecule has 1 saturated heterocycles. The number of likely N-dealkylation sites (tertiary alicyclic amines) is 1. The predicted octanol–water partition coefficient (Wildman–Crippen LogP) is 5.20. The van der Waals surface area contributed by atoms with Crippen LogP contribution in [0.5, 0.6) is 5.75 Å². The molecule has 0 unspecified atom stereocenters. The minimum atomic E-state index is -1.02. The van der Waals surface area contributed by atoms with Crippen molar-refractivity contribution in [3.8, 4) is 17.0 Å². The molecule has 2 aromatic heterocycles. The van der Waals surface area contributed by atoms with E-state index in [0.717, 1.165) is 23.4 Å². The van der Waals surface area contributed by atoms with Crippen LogP contribution in [0.15, 0.2) is 61.1 Å². The molecule has 1 fully saturated rings. The van der Waals surface area contributed by atoms with Crippen LogP contribution in [0.25, 0.3) is 11.3 Å². The first-order chi connectivity index (χ1) is 18.3. The average Bonchev–Trinajstić information content (AvgIpc) is 3.59. The Balaban J connectivity index is 1.18. The lowest BCUT2D eigenvalue weighted by molar-refractivity contribution is 0.0690. The molecule has 0 spiro atoms. The van der Waals surface area contributed by atoms with E-state index in [1.54, 1.807) is 17.1 Å². The highest BCUT2D eigenvalue weighted by atomic mass is 19.1. The van der Waals surface area contributed by atoms with Crippen LogP contribution in [-0.2, 0) is 0 Å². The summed E-state index contributed by atoms with van der Waals surface area (Å²) in [5, 5.41) is 6.81. The largest absolute Gasteiger partial charge is 0.497 e. The number of methoxy groups -OCH3 is 1. The molecule has 0 aliphatic carbocycles. The summed E-state index contributed by atoms with van der Waals surface area (Å²) >= 11 is 0. The Labute approximate surface area is 218 Å². The number of nitrogens with one attached hydrogen (secondary N) is 2. The van der Waals surface area contributed by atoms with Crippen molar-refractivity contribution in [2.45, 2.75) is 25.8 Å². The van der Waals surface area contributed by atoms with Gasteiger partial charge in [0.2, 0.25) is 0 Å². The number of aromatic nitrogens is 3. The van der Waals surface area contributed by atoms with Gasteiger partial charge in [0.1, 0.15) is 22.9 Å². The van der Waals surface area contributed by atoms with Crippen LogP contribution in [0.2, 0.25) is 0 Å². The second-order valence-electron chi connectivity index (χ2n) is 9.32. The number of carbonyl (C=O) groups excluding carboxylic acids is 2. The summed E-state index contributed by atoms with van der Waals surface area (Å²) < 4.78 is 35.0. The number of rotatable bonds is 6. The van der Waals surface area contributed by atoms with Gasteiger partial charge in [0.15, 0.2) is 0 Å². The summed E-state index contributed by atoms with van der Waals surface area (Å²) in [6, 6.07) is 11.9. The van der Waals surface area contributed by atoms with Crippen molar-refractivity contribution in [1.29, 1.82) is 0 Å². The fraction of sp³-hybridized carbons (Fsp3) is 0.250. The second-order valence-corrected chi connectivity index (χ2v) is 9.32. The number of benzene rings is 2. The van der Waals surface area contributed by atoms with Gasteiger partial charge >= 0.3 is 0 Å². The molecule has 0 bridgehead atoms. The van der Waals surface area contributed by atoms with Gasteiger partial charge < -0.3 is 19.9 Å². The van der Waals surface area contributed by atoms with Crippen LogP contribution in [0.1, 0.15) is 45.2 Å². The highest BCUT2D eigenvalue weighted by molar-refractivity contribution is 6.04. The summed E-state index contributed by atoms with van der Waals surface area (Å²) in [5.41, 5.74) is 3.32.